The molecule has 31 heavy (non-hydrogen) atoms. The van der Waals surface area contributed by atoms with E-state index in [1.807, 2.05) is 6.92 Å². The molecule has 2 aliphatic rings. The number of carbonyl (C=O) groups excluding carboxylic acids is 1. The monoisotopic (exact) mass is 438 g/mol. The van der Waals surface area contributed by atoms with Crippen molar-refractivity contribution in [3.63, 3.8) is 0 Å². The minimum Gasteiger partial charge on any atom is -0.454 e. The van der Waals surface area contributed by atoms with Gasteiger partial charge in [0.05, 0.1) is 13.2 Å². The van der Waals surface area contributed by atoms with Crippen LogP contribution in [0.4, 0.5) is 0 Å². The van der Waals surface area contributed by atoms with Crippen LogP contribution in [-0.4, -0.2) is 48.7 Å². The molecule has 0 aromatic rings. The Morgan fingerprint density at radius 1 is 0.935 bits per heavy atom. The lowest BCUT2D eigenvalue weighted by Gasteiger charge is -2.16. The van der Waals surface area contributed by atoms with Crippen LogP contribution < -0.4 is 0 Å². The normalized spacial score (nSPS) is 28.0. The second-order valence-corrected chi connectivity index (χ2v) is 10.5. The molecule has 1 N–H and O–H groups in total. The maximum absolute atomic E-state index is 12.2. The number of aliphatic hydroxyl groups is 1. The number of fused-ring (bicyclic) bond motifs is 1. The number of hydrogen-bond donors (Lipinski definition) is 1. The van der Waals surface area contributed by atoms with Gasteiger partial charge in [0.1, 0.15) is 18.3 Å². The highest BCUT2D eigenvalue weighted by Gasteiger charge is 2.48. The van der Waals surface area contributed by atoms with Crippen molar-refractivity contribution in [3.8, 4) is 0 Å². The Kier molecular flexibility index (Phi) is 11.6. The van der Waals surface area contributed by atoms with Crippen molar-refractivity contribution in [2.24, 2.45) is 17.8 Å². The number of rotatable bonds is 14. The standard InChI is InChI=1S/C26H46O5/c1-18(2)9-6-10-19(3)11-7-12-20(4)13-8-14-21(5)15-24(28)31-23-17-30-25-22(27)16-29-26(23)25/h15,18-20,22-23,25-27H,6-14,16-17H2,1-5H3/t19?,20?,22-,23+,25-,26-/m1/s1. The minimum atomic E-state index is -0.624. The van der Waals surface area contributed by atoms with Crippen LogP contribution in [0.2, 0.25) is 0 Å². The van der Waals surface area contributed by atoms with Gasteiger partial charge in [-0.25, -0.2) is 4.79 Å². The molecular formula is C26H46O5. The van der Waals surface area contributed by atoms with Crippen molar-refractivity contribution in [2.45, 2.75) is 117 Å². The number of ether oxygens (including phenoxy) is 3. The van der Waals surface area contributed by atoms with E-state index in [-0.39, 0.29) is 24.8 Å². The molecule has 0 radical (unpaired) electrons. The Morgan fingerprint density at radius 2 is 1.52 bits per heavy atom. The van der Waals surface area contributed by atoms with Gasteiger partial charge < -0.3 is 19.3 Å². The Morgan fingerprint density at radius 3 is 2.16 bits per heavy atom. The van der Waals surface area contributed by atoms with Crippen molar-refractivity contribution in [1.82, 2.24) is 0 Å². The molecule has 0 saturated carbocycles. The molecule has 180 valence electrons. The van der Waals surface area contributed by atoms with Crippen molar-refractivity contribution < 1.29 is 24.1 Å². The van der Waals surface area contributed by atoms with Gasteiger partial charge in [0.15, 0.2) is 6.10 Å². The van der Waals surface area contributed by atoms with E-state index < -0.39 is 12.2 Å². The summed E-state index contributed by atoms with van der Waals surface area (Å²) in [6.45, 7) is 11.9. The van der Waals surface area contributed by atoms with Crippen LogP contribution in [0.1, 0.15) is 92.4 Å². The molecule has 2 fully saturated rings. The maximum Gasteiger partial charge on any atom is 0.331 e. The van der Waals surface area contributed by atoms with Crippen LogP contribution in [0.25, 0.3) is 0 Å². The smallest absolute Gasteiger partial charge is 0.331 e. The first-order valence-electron chi connectivity index (χ1n) is 12.5. The van der Waals surface area contributed by atoms with Crippen LogP contribution in [0, 0.1) is 17.8 Å². The zero-order chi connectivity index (χ0) is 22.8. The third kappa shape index (κ3) is 9.63. The van der Waals surface area contributed by atoms with Crippen molar-refractivity contribution in [3.05, 3.63) is 11.6 Å². The van der Waals surface area contributed by atoms with Gasteiger partial charge >= 0.3 is 5.97 Å². The molecule has 5 nitrogen and oxygen atoms in total. The summed E-state index contributed by atoms with van der Waals surface area (Å²) in [5.74, 6) is 2.07. The lowest BCUT2D eigenvalue weighted by atomic mass is 9.91. The molecule has 6 atom stereocenters. The lowest BCUT2D eigenvalue weighted by Crippen LogP contribution is -2.33. The van der Waals surface area contributed by atoms with E-state index in [0.717, 1.165) is 36.2 Å². The summed E-state index contributed by atoms with van der Waals surface area (Å²) in [6.07, 6.45) is 11.1. The topological polar surface area (TPSA) is 65.0 Å². The Labute approximate surface area is 189 Å². The van der Waals surface area contributed by atoms with Crippen LogP contribution in [0.15, 0.2) is 11.6 Å². The summed E-state index contributed by atoms with van der Waals surface area (Å²) in [4.78, 5) is 12.2. The summed E-state index contributed by atoms with van der Waals surface area (Å²) >= 11 is 0. The second kappa shape index (κ2) is 13.6. The fraction of sp³-hybridized carbons (Fsp3) is 0.885. The number of hydrogen-bond acceptors (Lipinski definition) is 5. The summed E-state index contributed by atoms with van der Waals surface area (Å²) in [6, 6.07) is 0. The van der Waals surface area contributed by atoms with Crippen molar-refractivity contribution in [1.29, 1.82) is 0 Å². The fourth-order valence-corrected chi connectivity index (χ4v) is 4.71. The molecule has 0 aromatic heterocycles. The summed E-state index contributed by atoms with van der Waals surface area (Å²) in [5, 5.41) is 9.77. The predicted molar refractivity (Wildman–Crippen MR) is 124 cm³/mol. The SMILES string of the molecule is CC(=CC(=O)O[C@H]1CO[C@H]2[C@@H]1OC[C@H]2O)CCCC(C)CCCC(C)CCCC(C)C. The Balaban J connectivity index is 1.54. The van der Waals surface area contributed by atoms with Crippen LogP contribution in [0.5, 0.6) is 0 Å². The first-order valence-corrected chi connectivity index (χ1v) is 12.5. The van der Waals surface area contributed by atoms with E-state index in [1.54, 1.807) is 6.08 Å². The van der Waals surface area contributed by atoms with E-state index in [9.17, 15) is 9.90 Å². The first-order chi connectivity index (χ1) is 14.8. The third-order valence-electron chi connectivity index (χ3n) is 6.75. The molecule has 2 unspecified atom stereocenters. The second-order valence-electron chi connectivity index (χ2n) is 10.5. The molecule has 2 aliphatic heterocycles. The molecule has 5 heteroatoms. The van der Waals surface area contributed by atoms with Gasteiger partial charge in [0.2, 0.25) is 0 Å². The summed E-state index contributed by atoms with van der Waals surface area (Å²) in [5.41, 5.74) is 1.05. The average Bonchev–Trinajstić information content (AvgIpc) is 3.24. The quantitative estimate of drug-likeness (QED) is 0.289. The van der Waals surface area contributed by atoms with Gasteiger partial charge in [-0.05, 0) is 37.5 Å². The molecule has 2 heterocycles. The molecule has 0 aromatic carbocycles. The van der Waals surface area contributed by atoms with E-state index in [2.05, 4.69) is 27.7 Å². The molecule has 0 aliphatic carbocycles. The lowest BCUT2D eigenvalue weighted by molar-refractivity contribution is -0.147. The molecule has 0 spiro atoms. The highest BCUT2D eigenvalue weighted by Crippen LogP contribution is 2.29. The third-order valence-corrected chi connectivity index (χ3v) is 6.75. The number of esters is 1. The van der Waals surface area contributed by atoms with Gasteiger partial charge in [0, 0.05) is 6.08 Å². The zero-order valence-corrected chi connectivity index (χ0v) is 20.5. The Bertz CT molecular complexity index is 558. The Hall–Kier alpha value is -0.910. The number of carbonyl (C=O) groups is 1. The van der Waals surface area contributed by atoms with Gasteiger partial charge in [-0.3, -0.25) is 0 Å². The highest BCUT2D eigenvalue weighted by atomic mass is 16.6. The van der Waals surface area contributed by atoms with Gasteiger partial charge in [-0.2, -0.15) is 0 Å². The van der Waals surface area contributed by atoms with E-state index in [1.165, 1.54) is 44.9 Å². The van der Waals surface area contributed by atoms with E-state index in [0.29, 0.717) is 6.61 Å². The molecular weight excluding hydrogens is 392 g/mol. The van der Waals surface area contributed by atoms with Gasteiger partial charge in [0.25, 0.3) is 0 Å². The first kappa shape index (κ1) is 26.3. The summed E-state index contributed by atoms with van der Waals surface area (Å²) in [7, 11) is 0. The van der Waals surface area contributed by atoms with E-state index >= 15 is 0 Å². The van der Waals surface area contributed by atoms with Gasteiger partial charge in [-0.1, -0.05) is 78.2 Å². The van der Waals surface area contributed by atoms with Gasteiger partial charge in [-0.15, -0.1) is 0 Å². The fourth-order valence-electron chi connectivity index (χ4n) is 4.71. The average molecular weight is 439 g/mol. The highest BCUT2D eigenvalue weighted by molar-refractivity contribution is 5.82. The van der Waals surface area contributed by atoms with Crippen molar-refractivity contribution in [2.75, 3.05) is 13.2 Å². The molecule has 2 saturated heterocycles. The van der Waals surface area contributed by atoms with Crippen LogP contribution in [-0.2, 0) is 19.0 Å². The largest absolute Gasteiger partial charge is 0.454 e. The van der Waals surface area contributed by atoms with E-state index in [4.69, 9.17) is 14.2 Å². The minimum absolute atomic E-state index is 0.244. The zero-order valence-electron chi connectivity index (χ0n) is 20.5. The molecule has 0 amide bonds. The molecule has 2 rings (SSSR count). The summed E-state index contributed by atoms with van der Waals surface area (Å²) < 4.78 is 16.5. The number of allylic oxidation sites excluding steroid dienone is 1. The van der Waals surface area contributed by atoms with Crippen LogP contribution in [0.3, 0.4) is 0 Å². The number of aliphatic hydroxyl groups excluding tert-OH is 1. The predicted octanol–water partition coefficient (Wildman–Crippen LogP) is 5.44. The van der Waals surface area contributed by atoms with Crippen LogP contribution >= 0.6 is 0 Å². The maximum atomic E-state index is 12.2. The van der Waals surface area contributed by atoms with Crippen molar-refractivity contribution >= 4 is 5.97 Å². The molecule has 0 bridgehead atoms.